The summed E-state index contributed by atoms with van der Waals surface area (Å²) in [6.45, 7) is 4.27. The number of rotatable bonds is 5. The second kappa shape index (κ2) is 6.58. The van der Waals surface area contributed by atoms with Crippen LogP contribution < -0.4 is 10.6 Å². The van der Waals surface area contributed by atoms with Crippen LogP contribution in [-0.2, 0) is 9.53 Å². The Hall–Kier alpha value is -1.30. The number of ether oxygens (including phenoxy) is 1. The fraction of sp³-hybridized carbons (Fsp3) is 0.833. The molecule has 3 N–H and O–H groups in total. The first kappa shape index (κ1) is 14.8. The lowest BCUT2D eigenvalue weighted by Gasteiger charge is -2.20. The van der Waals surface area contributed by atoms with E-state index in [0.717, 1.165) is 12.8 Å². The summed E-state index contributed by atoms with van der Waals surface area (Å²) in [5, 5.41) is 14.2. The normalized spacial score (nSPS) is 28.7. The quantitative estimate of drug-likeness (QED) is 0.681. The zero-order chi connectivity index (χ0) is 13.7. The van der Waals surface area contributed by atoms with Crippen LogP contribution in [0, 0.1) is 11.8 Å². The van der Waals surface area contributed by atoms with Gasteiger partial charge in [-0.3, -0.25) is 0 Å². The van der Waals surface area contributed by atoms with E-state index < -0.39 is 12.1 Å². The Labute approximate surface area is 107 Å². The molecule has 0 aromatic carbocycles. The molecule has 0 spiro atoms. The Morgan fingerprint density at radius 2 is 2.06 bits per heavy atom. The zero-order valence-electron chi connectivity index (χ0n) is 11.1. The van der Waals surface area contributed by atoms with Gasteiger partial charge in [-0.1, -0.05) is 13.8 Å². The minimum absolute atomic E-state index is 0.0334. The maximum absolute atomic E-state index is 11.6. The van der Waals surface area contributed by atoms with E-state index in [1.54, 1.807) is 0 Å². The molecule has 0 bridgehead atoms. The number of hydrogen-bond donors (Lipinski definition) is 3. The average Bonchev–Trinajstić information content (AvgIpc) is 2.61. The van der Waals surface area contributed by atoms with Gasteiger partial charge >= 0.3 is 12.0 Å². The molecule has 0 radical (unpaired) electrons. The Bertz CT molecular complexity index is 308. The van der Waals surface area contributed by atoms with Crippen molar-refractivity contribution in [2.75, 3.05) is 13.7 Å². The van der Waals surface area contributed by atoms with Crippen molar-refractivity contribution in [1.29, 1.82) is 0 Å². The van der Waals surface area contributed by atoms with E-state index in [0.29, 0.717) is 11.8 Å². The van der Waals surface area contributed by atoms with Gasteiger partial charge < -0.3 is 20.5 Å². The maximum Gasteiger partial charge on any atom is 0.334 e. The van der Waals surface area contributed by atoms with Crippen LogP contribution in [0.5, 0.6) is 0 Å². The van der Waals surface area contributed by atoms with Gasteiger partial charge in [-0.25, -0.2) is 9.59 Å². The van der Waals surface area contributed by atoms with Crippen molar-refractivity contribution in [3.05, 3.63) is 0 Å². The first-order chi connectivity index (χ1) is 8.45. The maximum atomic E-state index is 11.6. The SMILES string of the molecule is COC(CNC(=O)NC1CCC(C)C1C)C(=O)O. The van der Waals surface area contributed by atoms with Gasteiger partial charge in [-0.2, -0.15) is 0 Å². The van der Waals surface area contributed by atoms with Crippen LogP contribution in [0.2, 0.25) is 0 Å². The smallest absolute Gasteiger partial charge is 0.334 e. The summed E-state index contributed by atoms with van der Waals surface area (Å²) in [5.41, 5.74) is 0. The van der Waals surface area contributed by atoms with Crippen molar-refractivity contribution in [2.45, 2.75) is 38.8 Å². The van der Waals surface area contributed by atoms with Crippen LogP contribution in [0.3, 0.4) is 0 Å². The fourth-order valence-corrected chi connectivity index (χ4v) is 2.24. The van der Waals surface area contributed by atoms with Gasteiger partial charge in [0.1, 0.15) is 0 Å². The topological polar surface area (TPSA) is 87.7 Å². The molecule has 4 atom stereocenters. The Balaban J connectivity index is 2.32. The van der Waals surface area contributed by atoms with Gasteiger partial charge in [0.05, 0.1) is 6.54 Å². The van der Waals surface area contributed by atoms with Crippen molar-refractivity contribution >= 4 is 12.0 Å². The number of nitrogens with one attached hydrogen (secondary N) is 2. The summed E-state index contributed by atoms with van der Waals surface area (Å²) < 4.78 is 4.73. The molecule has 104 valence electrons. The van der Waals surface area contributed by atoms with Crippen LogP contribution in [0.4, 0.5) is 4.79 Å². The predicted octanol–water partition coefficient (Wildman–Crippen LogP) is 0.820. The highest BCUT2D eigenvalue weighted by Gasteiger charge is 2.30. The number of methoxy groups -OCH3 is 1. The average molecular weight is 258 g/mol. The third-order valence-corrected chi connectivity index (χ3v) is 3.79. The summed E-state index contributed by atoms with van der Waals surface area (Å²) in [7, 11) is 1.30. The lowest BCUT2D eigenvalue weighted by Crippen LogP contribution is -2.47. The molecule has 1 aliphatic carbocycles. The molecule has 0 aromatic rings. The summed E-state index contributed by atoms with van der Waals surface area (Å²) >= 11 is 0. The lowest BCUT2D eigenvalue weighted by atomic mass is 9.98. The van der Waals surface area contributed by atoms with E-state index in [2.05, 4.69) is 24.5 Å². The molecule has 1 saturated carbocycles. The molecule has 0 aliphatic heterocycles. The summed E-state index contributed by atoms with van der Waals surface area (Å²) in [4.78, 5) is 22.3. The number of carboxylic acid groups (broad SMARTS) is 1. The highest BCUT2D eigenvalue weighted by Crippen LogP contribution is 2.30. The molecule has 0 saturated heterocycles. The van der Waals surface area contributed by atoms with Gasteiger partial charge in [0.25, 0.3) is 0 Å². The monoisotopic (exact) mass is 258 g/mol. The second-order valence-electron chi connectivity index (χ2n) is 4.94. The van der Waals surface area contributed by atoms with E-state index >= 15 is 0 Å². The molecule has 6 heteroatoms. The molecule has 2 amide bonds. The minimum atomic E-state index is -1.08. The molecular formula is C12H22N2O4. The Kier molecular flexibility index (Phi) is 5.40. The number of carbonyl (C=O) groups is 2. The van der Waals surface area contributed by atoms with Crippen LogP contribution in [0.15, 0.2) is 0 Å². The summed E-state index contributed by atoms with van der Waals surface area (Å²) in [5.74, 6) is -0.0184. The summed E-state index contributed by atoms with van der Waals surface area (Å²) in [6.07, 6.45) is 1.08. The van der Waals surface area contributed by atoms with Crippen molar-refractivity contribution in [1.82, 2.24) is 10.6 Å². The molecule has 1 rings (SSSR count). The van der Waals surface area contributed by atoms with Crippen molar-refractivity contribution in [3.8, 4) is 0 Å². The summed E-state index contributed by atoms with van der Waals surface area (Å²) in [6, 6.07) is -0.157. The zero-order valence-corrected chi connectivity index (χ0v) is 11.1. The first-order valence-electron chi connectivity index (χ1n) is 6.25. The molecule has 1 fully saturated rings. The Morgan fingerprint density at radius 3 is 2.50 bits per heavy atom. The fourth-order valence-electron chi connectivity index (χ4n) is 2.24. The van der Waals surface area contributed by atoms with E-state index in [-0.39, 0.29) is 18.6 Å². The lowest BCUT2D eigenvalue weighted by molar-refractivity contribution is -0.147. The van der Waals surface area contributed by atoms with Crippen molar-refractivity contribution in [3.63, 3.8) is 0 Å². The minimum Gasteiger partial charge on any atom is -0.479 e. The van der Waals surface area contributed by atoms with Gasteiger partial charge in [-0.05, 0) is 24.7 Å². The van der Waals surface area contributed by atoms with E-state index in [9.17, 15) is 9.59 Å². The van der Waals surface area contributed by atoms with Crippen LogP contribution >= 0.6 is 0 Å². The van der Waals surface area contributed by atoms with Gasteiger partial charge in [0.15, 0.2) is 6.10 Å². The molecule has 0 aromatic heterocycles. The van der Waals surface area contributed by atoms with Crippen molar-refractivity contribution in [2.24, 2.45) is 11.8 Å². The molecule has 0 heterocycles. The number of urea groups is 1. The number of hydrogen-bond acceptors (Lipinski definition) is 3. The number of carboxylic acids is 1. The third-order valence-electron chi connectivity index (χ3n) is 3.79. The van der Waals surface area contributed by atoms with Gasteiger partial charge in [0, 0.05) is 13.2 Å². The standard InChI is InChI=1S/C12H22N2O4/c1-7-4-5-9(8(7)2)14-12(17)13-6-10(18-3)11(15)16/h7-10H,4-6H2,1-3H3,(H,15,16)(H2,13,14,17). The van der Waals surface area contributed by atoms with E-state index in [4.69, 9.17) is 9.84 Å². The van der Waals surface area contributed by atoms with Gasteiger partial charge in [-0.15, -0.1) is 0 Å². The molecule has 1 aliphatic rings. The van der Waals surface area contributed by atoms with E-state index in [1.165, 1.54) is 7.11 Å². The van der Waals surface area contributed by atoms with Gasteiger partial charge in [0.2, 0.25) is 0 Å². The van der Waals surface area contributed by atoms with Crippen LogP contribution in [0.1, 0.15) is 26.7 Å². The first-order valence-corrected chi connectivity index (χ1v) is 6.25. The number of amides is 2. The van der Waals surface area contributed by atoms with Crippen LogP contribution in [0.25, 0.3) is 0 Å². The highest BCUT2D eigenvalue weighted by atomic mass is 16.5. The second-order valence-corrected chi connectivity index (χ2v) is 4.94. The number of carbonyl (C=O) groups excluding carboxylic acids is 1. The molecule has 18 heavy (non-hydrogen) atoms. The molecule has 6 nitrogen and oxygen atoms in total. The van der Waals surface area contributed by atoms with E-state index in [1.807, 2.05) is 0 Å². The third kappa shape index (κ3) is 3.87. The largest absolute Gasteiger partial charge is 0.479 e. The Morgan fingerprint density at radius 1 is 1.39 bits per heavy atom. The van der Waals surface area contributed by atoms with Crippen molar-refractivity contribution < 1.29 is 19.4 Å². The number of aliphatic carboxylic acids is 1. The highest BCUT2D eigenvalue weighted by molar-refractivity contribution is 5.77. The molecular weight excluding hydrogens is 236 g/mol. The predicted molar refractivity (Wildman–Crippen MR) is 66.3 cm³/mol. The van der Waals surface area contributed by atoms with Crippen LogP contribution in [-0.4, -0.2) is 42.9 Å². The molecule has 4 unspecified atom stereocenters.